The zero-order valence-corrected chi connectivity index (χ0v) is 23.5. The second-order valence-electron chi connectivity index (χ2n) is 10.1. The number of ether oxygens (including phenoxy) is 2. The Morgan fingerprint density at radius 3 is 2.64 bits per heavy atom. The van der Waals surface area contributed by atoms with Crippen molar-refractivity contribution in [2.45, 2.75) is 52.1 Å². The molecule has 208 valence electrons. The Balaban J connectivity index is 1.34. The number of likely N-dealkylation sites (tertiary alicyclic amines) is 1. The van der Waals surface area contributed by atoms with Gasteiger partial charge in [0.25, 0.3) is 0 Å². The van der Waals surface area contributed by atoms with Crippen LogP contribution in [0.5, 0.6) is 11.5 Å². The van der Waals surface area contributed by atoms with Gasteiger partial charge >= 0.3 is 6.03 Å². The van der Waals surface area contributed by atoms with E-state index >= 15 is 0 Å². The predicted octanol–water partition coefficient (Wildman–Crippen LogP) is 5.33. The van der Waals surface area contributed by atoms with Gasteiger partial charge in [-0.3, -0.25) is 9.69 Å². The van der Waals surface area contributed by atoms with E-state index in [1.54, 1.807) is 24.4 Å². The van der Waals surface area contributed by atoms with Gasteiger partial charge in [0.15, 0.2) is 11.5 Å². The largest absolute Gasteiger partial charge is 0.493 e. The van der Waals surface area contributed by atoms with Gasteiger partial charge in [0.05, 0.1) is 18.7 Å². The third kappa shape index (κ3) is 5.78. The Morgan fingerprint density at radius 1 is 1.08 bits per heavy atom. The lowest BCUT2D eigenvalue weighted by Crippen LogP contribution is -2.49. The SMILES string of the molecule is CCCCCOc1cc(N2CCCN(Cc3ccnc4c3c(Cl)cn4CC(=O)N3CCC3)C2=O)ccc1OC. The molecule has 0 radical (unpaired) electrons. The van der Waals surface area contributed by atoms with E-state index < -0.39 is 0 Å². The van der Waals surface area contributed by atoms with Crippen LogP contribution in [-0.2, 0) is 17.9 Å². The van der Waals surface area contributed by atoms with Gasteiger partial charge in [-0.2, -0.15) is 0 Å². The van der Waals surface area contributed by atoms with Crippen LogP contribution in [0.1, 0.15) is 44.6 Å². The first-order chi connectivity index (χ1) is 19.0. The Hall–Kier alpha value is -3.46. The summed E-state index contributed by atoms with van der Waals surface area (Å²) in [5.74, 6) is 1.37. The Labute approximate surface area is 234 Å². The lowest BCUT2D eigenvalue weighted by Gasteiger charge is -2.36. The minimum Gasteiger partial charge on any atom is -0.493 e. The molecule has 3 aromatic rings. The van der Waals surface area contributed by atoms with Crippen LogP contribution in [0.2, 0.25) is 5.02 Å². The number of aromatic nitrogens is 2. The molecule has 2 aliphatic rings. The van der Waals surface area contributed by atoms with Crippen LogP contribution in [0.4, 0.5) is 10.5 Å². The van der Waals surface area contributed by atoms with Crippen molar-refractivity contribution in [2.75, 3.05) is 44.8 Å². The minimum absolute atomic E-state index is 0.0667. The molecule has 2 aliphatic heterocycles. The van der Waals surface area contributed by atoms with Crippen molar-refractivity contribution in [3.05, 3.63) is 47.2 Å². The van der Waals surface area contributed by atoms with Crippen LogP contribution < -0.4 is 14.4 Å². The third-order valence-corrected chi connectivity index (χ3v) is 7.73. The smallest absolute Gasteiger partial charge is 0.324 e. The van der Waals surface area contributed by atoms with Crippen molar-refractivity contribution in [1.29, 1.82) is 0 Å². The highest BCUT2D eigenvalue weighted by molar-refractivity contribution is 6.35. The van der Waals surface area contributed by atoms with Crippen LogP contribution in [0.3, 0.4) is 0 Å². The Morgan fingerprint density at radius 2 is 1.90 bits per heavy atom. The molecule has 0 unspecified atom stereocenters. The minimum atomic E-state index is -0.0724. The number of fused-ring (bicyclic) bond motifs is 1. The van der Waals surface area contributed by atoms with Gasteiger partial charge in [-0.15, -0.1) is 0 Å². The number of benzene rings is 1. The standard InChI is InChI=1S/C29H36ClN5O4/c1-3-4-5-16-39-25-17-22(8-9-24(25)38-2)35-15-7-14-33(29(35)37)18-21-10-11-31-28-27(21)23(30)19-34(28)20-26(36)32-12-6-13-32/h8-11,17,19H,3-7,12-16,18,20H2,1-2H3. The molecule has 0 bridgehead atoms. The second kappa shape index (κ2) is 12.2. The molecule has 9 nitrogen and oxygen atoms in total. The van der Waals surface area contributed by atoms with Crippen molar-refractivity contribution < 1.29 is 19.1 Å². The first-order valence-corrected chi connectivity index (χ1v) is 14.1. The van der Waals surface area contributed by atoms with Crippen LogP contribution in [0, 0.1) is 0 Å². The normalized spacial score (nSPS) is 15.6. The number of hydrogen-bond acceptors (Lipinski definition) is 5. The summed E-state index contributed by atoms with van der Waals surface area (Å²) in [6, 6.07) is 7.47. The third-order valence-electron chi connectivity index (χ3n) is 7.45. The van der Waals surface area contributed by atoms with Crippen LogP contribution in [0.15, 0.2) is 36.7 Å². The van der Waals surface area contributed by atoms with E-state index in [-0.39, 0.29) is 18.5 Å². The number of nitrogens with zero attached hydrogens (tertiary/aromatic N) is 5. The zero-order valence-electron chi connectivity index (χ0n) is 22.7. The van der Waals surface area contributed by atoms with Crippen molar-refractivity contribution in [1.82, 2.24) is 19.4 Å². The van der Waals surface area contributed by atoms with E-state index in [0.29, 0.717) is 48.4 Å². The highest BCUT2D eigenvalue weighted by atomic mass is 35.5. The molecule has 0 atom stereocenters. The van der Waals surface area contributed by atoms with E-state index in [2.05, 4.69) is 11.9 Å². The maximum atomic E-state index is 13.7. The number of anilines is 1. The van der Waals surface area contributed by atoms with Gasteiger partial charge in [0.1, 0.15) is 12.2 Å². The van der Waals surface area contributed by atoms with Gasteiger partial charge in [0, 0.05) is 62.3 Å². The molecule has 0 saturated carbocycles. The number of urea groups is 1. The number of carbonyl (C=O) groups excluding carboxylic acids is 2. The van der Waals surface area contributed by atoms with Gasteiger partial charge in [0.2, 0.25) is 5.91 Å². The number of amides is 3. The lowest BCUT2D eigenvalue weighted by atomic mass is 10.1. The van der Waals surface area contributed by atoms with E-state index in [9.17, 15) is 9.59 Å². The zero-order chi connectivity index (χ0) is 27.4. The molecule has 2 aromatic heterocycles. The van der Waals surface area contributed by atoms with Crippen molar-refractivity contribution >= 4 is 40.3 Å². The number of unbranched alkanes of at least 4 members (excludes halogenated alkanes) is 2. The summed E-state index contributed by atoms with van der Waals surface area (Å²) in [7, 11) is 1.62. The molecule has 5 rings (SSSR count). The predicted molar refractivity (Wildman–Crippen MR) is 152 cm³/mol. The summed E-state index contributed by atoms with van der Waals surface area (Å²) >= 11 is 6.65. The summed E-state index contributed by atoms with van der Waals surface area (Å²) in [4.78, 5) is 36.2. The second-order valence-corrected chi connectivity index (χ2v) is 10.5. The molecular formula is C29H36ClN5O4. The van der Waals surface area contributed by atoms with Crippen LogP contribution in [-0.4, -0.2) is 71.2 Å². The van der Waals surface area contributed by atoms with E-state index in [1.807, 2.05) is 38.6 Å². The molecule has 0 N–H and O–H groups in total. The van der Waals surface area contributed by atoms with Crippen LogP contribution >= 0.6 is 11.6 Å². The van der Waals surface area contributed by atoms with Gasteiger partial charge < -0.3 is 23.8 Å². The Bertz CT molecular complexity index is 1340. The topological polar surface area (TPSA) is 80.1 Å². The monoisotopic (exact) mass is 553 g/mol. The average molecular weight is 554 g/mol. The number of pyridine rings is 1. The van der Waals surface area contributed by atoms with Gasteiger partial charge in [-0.1, -0.05) is 31.4 Å². The molecule has 10 heteroatoms. The fourth-order valence-electron chi connectivity index (χ4n) is 5.15. The lowest BCUT2D eigenvalue weighted by molar-refractivity contribution is -0.135. The molecule has 3 amide bonds. The van der Waals surface area contributed by atoms with E-state index in [0.717, 1.165) is 61.8 Å². The quantitative estimate of drug-likeness (QED) is 0.300. The summed E-state index contributed by atoms with van der Waals surface area (Å²) in [5, 5.41) is 1.32. The highest BCUT2D eigenvalue weighted by Gasteiger charge is 2.29. The fraction of sp³-hybridized carbons (Fsp3) is 0.483. The van der Waals surface area contributed by atoms with Gasteiger partial charge in [-0.05, 0) is 43.0 Å². The summed E-state index contributed by atoms with van der Waals surface area (Å²) in [6.45, 7) is 6.24. The number of carbonyl (C=O) groups is 2. The van der Waals surface area contributed by atoms with Gasteiger partial charge in [-0.25, -0.2) is 9.78 Å². The van der Waals surface area contributed by atoms with Crippen molar-refractivity contribution in [3.8, 4) is 11.5 Å². The van der Waals surface area contributed by atoms with Crippen LogP contribution in [0.25, 0.3) is 11.0 Å². The van der Waals surface area contributed by atoms with Crippen molar-refractivity contribution in [3.63, 3.8) is 0 Å². The molecule has 1 aromatic carbocycles. The number of halogens is 1. The summed E-state index contributed by atoms with van der Waals surface area (Å²) in [6.07, 6.45) is 8.56. The number of rotatable bonds is 11. The molecular weight excluding hydrogens is 518 g/mol. The highest BCUT2D eigenvalue weighted by Crippen LogP contribution is 2.34. The summed E-state index contributed by atoms with van der Waals surface area (Å²) in [5.41, 5.74) is 2.35. The maximum absolute atomic E-state index is 13.7. The first-order valence-electron chi connectivity index (χ1n) is 13.8. The molecule has 2 saturated heterocycles. The molecule has 0 spiro atoms. The fourth-order valence-corrected chi connectivity index (χ4v) is 5.47. The number of hydrogen-bond donors (Lipinski definition) is 0. The van der Waals surface area contributed by atoms with Crippen molar-refractivity contribution in [2.24, 2.45) is 0 Å². The number of methoxy groups -OCH3 is 1. The molecule has 2 fully saturated rings. The van der Waals surface area contributed by atoms with E-state index in [4.69, 9.17) is 21.1 Å². The average Bonchev–Trinajstić information content (AvgIpc) is 3.22. The Kier molecular flexibility index (Phi) is 8.45. The first kappa shape index (κ1) is 27.1. The molecule has 39 heavy (non-hydrogen) atoms. The molecule has 4 heterocycles. The molecule has 0 aliphatic carbocycles. The summed E-state index contributed by atoms with van der Waals surface area (Å²) < 4.78 is 13.3. The van der Waals surface area contributed by atoms with E-state index in [1.165, 1.54) is 0 Å². The maximum Gasteiger partial charge on any atom is 0.324 e.